The van der Waals surface area contributed by atoms with E-state index in [0.717, 1.165) is 72.5 Å². The highest BCUT2D eigenvalue weighted by atomic mass is 15.1. The maximum atomic E-state index is 10.2. The van der Waals surface area contributed by atoms with Crippen LogP contribution in [-0.2, 0) is 0 Å². The van der Waals surface area contributed by atoms with Crippen LogP contribution in [0.2, 0.25) is 0 Å². The molecule has 3 aromatic heterocycles. The summed E-state index contributed by atoms with van der Waals surface area (Å²) in [6, 6.07) is 65.8. The number of nitriles is 1. The first-order chi connectivity index (χ1) is 26.3. The molecule has 10 rings (SSSR count). The zero-order valence-electron chi connectivity index (χ0n) is 28.6. The second kappa shape index (κ2) is 12.4. The number of pyridine rings is 1. The first-order valence-electron chi connectivity index (χ1n) is 17.7. The summed E-state index contributed by atoms with van der Waals surface area (Å²) < 4.78 is 4.59. The van der Waals surface area contributed by atoms with E-state index in [1.807, 2.05) is 36.5 Å². The lowest BCUT2D eigenvalue weighted by Gasteiger charge is -2.25. The van der Waals surface area contributed by atoms with Crippen molar-refractivity contribution in [1.29, 1.82) is 5.26 Å². The Bertz CT molecular complexity index is 2930. The van der Waals surface area contributed by atoms with Crippen LogP contribution in [0, 0.1) is 11.3 Å². The topological polar surface area (TPSA) is 49.8 Å². The molecule has 0 N–H and O–H groups in total. The van der Waals surface area contributed by atoms with Gasteiger partial charge in [-0.15, -0.1) is 0 Å². The summed E-state index contributed by atoms with van der Waals surface area (Å²) in [5.74, 6) is 0.811. The van der Waals surface area contributed by atoms with Gasteiger partial charge in [-0.05, 0) is 91.0 Å². The largest absolute Gasteiger partial charge is 0.310 e. The minimum Gasteiger partial charge on any atom is -0.310 e. The maximum Gasteiger partial charge on any atom is 0.145 e. The molecule has 0 amide bonds. The fourth-order valence-corrected chi connectivity index (χ4v) is 7.91. The van der Waals surface area contributed by atoms with E-state index in [4.69, 9.17) is 4.98 Å². The van der Waals surface area contributed by atoms with Crippen LogP contribution in [0.15, 0.2) is 188 Å². The average Bonchev–Trinajstić information content (AvgIpc) is 3.74. The van der Waals surface area contributed by atoms with Crippen LogP contribution in [0.4, 0.5) is 17.1 Å². The van der Waals surface area contributed by atoms with Crippen molar-refractivity contribution >= 4 is 60.7 Å². The zero-order valence-corrected chi connectivity index (χ0v) is 28.6. The van der Waals surface area contributed by atoms with Gasteiger partial charge in [-0.3, -0.25) is 4.57 Å². The molecule has 0 saturated carbocycles. The fourth-order valence-electron chi connectivity index (χ4n) is 7.91. The van der Waals surface area contributed by atoms with Crippen molar-refractivity contribution in [3.8, 4) is 28.7 Å². The number of anilines is 3. The van der Waals surface area contributed by atoms with Gasteiger partial charge in [0, 0.05) is 55.9 Å². The molecule has 0 fully saturated rings. The molecule has 0 atom stereocenters. The van der Waals surface area contributed by atoms with Crippen molar-refractivity contribution in [1.82, 2.24) is 14.1 Å². The second-order valence-electron chi connectivity index (χ2n) is 13.1. The molecule has 5 nitrogen and oxygen atoms in total. The standard InChI is InChI=1S/C48H31N5/c49-32-33-25-27-46(41(30-33)40-21-13-29-50-48(40)53-44-23-11-7-18-37(44)38-19-8-12-24-45(38)53)52-43-22-10-9-20-39(43)42-31-36(26-28-47(42)52)51(34-14-3-1-4-15-34)35-16-5-2-6-17-35/h1-31H. The number of hydrogen-bond donors (Lipinski definition) is 0. The lowest BCUT2D eigenvalue weighted by Crippen LogP contribution is -2.09. The Morgan fingerprint density at radius 1 is 0.434 bits per heavy atom. The van der Waals surface area contributed by atoms with Gasteiger partial charge in [0.25, 0.3) is 0 Å². The minimum atomic E-state index is 0.588. The molecule has 0 aliphatic heterocycles. The summed E-state index contributed by atoms with van der Waals surface area (Å²) in [4.78, 5) is 7.35. The highest BCUT2D eigenvalue weighted by Gasteiger charge is 2.22. The monoisotopic (exact) mass is 677 g/mol. The molecule has 248 valence electrons. The molecule has 0 aliphatic rings. The predicted molar refractivity (Wildman–Crippen MR) is 218 cm³/mol. The van der Waals surface area contributed by atoms with Crippen molar-refractivity contribution in [3.63, 3.8) is 0 Å². The van der Waals surface area contributed by atoms with E-state index in [1.54, 1.807) is 0 Å². The molecule has 0 aliphatic carbocycles. The normalized spacial score (nSPS) is 11.4. The Labute approximate surface area is 306 Å². The SMILES string of the molecule is N#Cc1ccc(-n2c3ccccc3c3cc(N(c4ccccc4)c4ccccc4)ccc32)c(-c2cccnc2-n2c3ccccc3c3ccccc32)c1. The Kier molecular flexibility index (Phi) is 7.12. The third kappa shape index (κ3) is 4.89. The van der Waals surface area contributed by atoms with Crippen molar-refractivity contribution in [3.05, 3.63) is 194 Å². The molecular formula is C48H31N5. The molecule has 7 aromatic carbocycles. The summed E-state index contributed by atoms with van der Waals surface area (Å²) in [5.41, 5.74) is 11.0. The van der Waals surface area contributed by atoms with Crippen LogP contribution in [-0.4, -0.2) is 14.1 Å². The fraction of sp³-hybridized carbons (Fsp3) is 0. The molecule has 0 unspecified atom stereocenters. The van der Waals surface area contributed by atoms with E-state index >= 15 is 0 Å². The van der Waals surface area contributed by atoms with Crippen LogP contribution in [0.1, 0.15) is 5.56 Å². The molecule has 10 aromatic rings. The Morgan fingerprint density at radius 2 is 0.981 bits per heavy atom. The van der Waals surface area contributed by atoms with Gasteiger partial charge in [0.1, 0.15) is 5.82 Å². The van der Waals surface area contributed by atoms with E-state index in [-0.39, 0.29) is 0 Å². The van der Waals surface area contributed by atoms with Crippen molar-refractivity contribution in [2.75, 3.05) is 4.90 Å². The third-order valence-electron chi connectivity index (χ3n) is 10.2. The van der Waals surface area contributed by atoms with Crippen LogP contribution >= 0.6 is 0 Å². The lowest BCUT2D eigenvalue weighted by atomic mass is 10.0. The Hall–Kier alpha value is -7.42. The number of fused-ring (bicyclic) bond motifs is 6. The maximum absolute atomic E-state index is 10.2. The van der Waals surface area contributed by atoms with Gasteiger partial charge in [-0.25, -0.2) is 4.98 Å². The van der Waals surface area contributed by atoms with Gasteiger partial charge in [0.15, 0.2) is 0 Å². The molecule has 5 heteroatoms. The van der Waals surface area contributed by atoms with E-state index in [9.17, 15) is 5.26 Å². The Balaban J connectivity index is 1.23. The van der Waals surface area contributed by atoms with Gasteiger partial charge in [0.05, 0.1) is 39.4 Å². The highest BCUT2D eigenvalue weighted by molar-refractivity contribution is 6.12. The third-order valence-corrected chi connectivity index (χ3v) is 10.2. The van der Waals surface area contributed by atoms with E-state index < -0.39 is 0 Å². The number of para-hydroxylation sites is 5. The second-order valence-corrected chi connectivity index (χ2v) is 13.1. The van der Waals surface area contributed by atoms with E-state index in [0.29, 0.717) is 5.56 Å². The van der Waals surface area contributed by atoms with Crippen LogP contribution in [0.5, 0.6) is 0 Å². The van der Waals surface area contributed by atoms with E-state index in [2.05, 4.69) is 172 Å². The van der Waals surface area contributed by atoms with Crippen LogP contribution in [0.25, 0.3) is 66.2 Å². The molecule has 0 bridgehead atoms. The first kappa shape index (κ1) is 30.4. The first-order valence-corrected chi connectivity index (χ1v) is 17.7. The number of benzene rings is 7. The zero-order chi connectivity index (χ0) is 35.3. The Morgan fingerprint density at radius 3 is 1.60 bits per heavy atom. The van der Waals surface area contributed by atoms with Crippen molar-refractivity contribution in [2.24, 2.45) is 0 Å². The molecular weight excluding hydrogens is 647 g/mol. The molecule has 0 saturated heterocycles. The van der Waals surface area contributed by atoms with Gasteiger partial charge >= 0.3 is 0 Å². The molecule has 0 spiro atoms. The van der Waals surface area contributed by atoms with Gasteiger partial charge < -0.3 is 9.47 Å². The van der Waals surface area contributed by atoms with Crippen molar-refractivity contribution < 1.29 is 0 Å². The van der Waals surface area contributed by atoms with Crippen molar-refractivity contribution in [2.45, 2.75) is 0 Å². The van der Waals surface area contributed by atoms with Crippen LogP contribution in [0.3, 0.4) is 0 Å². The quantitative estimate of drug-likeness (QED) is 0.176. The lowest BCUT2D eigenvalue weighted by molar-refractivity contribution is 1.08. The number of rotatable bonds is 6. The molecule has 0 radical (unpaired) electrons. The van der Waals surface area contributed by atoms with Gasteiger partial charge in [-0.1, -0.05) is 91.0 Å². The number of aromatic nitrogens is 3. The average molecular weight is 678 g/mol. The summed E-state index contributed by atoms with van der Waals surface area (Å²) in [5, 5.41) is 14.8. The summed E-state index contributed by atoms with van der Waals surface area (Å²) in [7, 11) is 0. The smallest absolute Gasteiger partial charge is 0.145 e. The molecule has 53 heavy (non-hydrogen) atoms. The van der Waals surface area contributed by atoms with Gasteiger partial charge in [-0.2, -0.15) is 5.26 Å². The molecule has 3 heterocycles. The highest BCUT2D eigenvalue weighted by Crippen LogP contribution is 2.42. The summed E-state index contributed by atoms with van der Waals surface area (Å²) >= 11 is 0. The van der Waals surface area contributed by atoms with Crippen LogP contribution < -0.4 is 4.90 Å². The summed E-state index contributed by atoms with van der Waals surface area (Å²) in [6.45, 7) is 0. The minimum absolute atomic E-state index is 0.588. The predicted octanol–water partition coefficient (Wildman–Crippen LogP) is 12.3. The number of hydrogen-bond acceptors (Lipinski definition) is 3. The summed E-state index contributed by atoms with van der Waals surface area (Å²) in [6.07, 6.45) is 1.85. The van der Waals surface area contributed by atoms with E-state index in [1.165, 1.54) is 10.8 Å². The van der Waals surface area contributed by atoms with Gasteiger partial charge in [0.2, 0.25) is 0 Å². The number of nitrogens with zero attached hydrogens (tertiary/aromatic N) is 5.